The standard InChI is InChI=1S/C8H11N.C2H4O2/c1-2-4-8-5-3-6-9-7-8;1-2(3)4/h3,5-7H,2,4H2,1H3;1H3,(H,3,4). The summed E-state index contributed by atoms with van der Waals surface area (Å²) in [5, 5.41) is 7.42. The summed E-state index contributed by atoms with van der Waals surface area (Å²) < 4.78 is 0. The first-order valence-electron chi connectivity index (χ1n) is 4.25. The first kappa shape index (κ1) is 11.6. The van der Waals surface area contributed by atoms with E-state index in [1.807, 2.05) is 12.3 Å². The van der Waals surface area contributed by atoms with E-state index in [9.17, 15) is 0 Å². The first-order chi connectivity index (χ1) is 6.16. The molecule has 3 heteroatoms. The molecule has 1 heterocycles. The Kier molecular flexibility index (Phi) is 6.51. The zero-order valence-corrected chi connectivity index (χ0v) is 8.03. The van der Waals surface area contributed by atoms with E-state index in [4.69, 9.17) is 9.90 Å². The molecule has 0 spiro atoms. The quantitative estimate of drug-likeness (QED) is 0.760. The third-order valence-corrected chi connectivity index (χ3v) is 1.26. The summed E-state index contributed by atoms with van der Waals surface area (Å²) in [7, 11) is 0. The van der Waals surface area contributed by atoms with Gasteiger partial charge in [0.1, 0.15) is 0 Å². The van der Waals surface area contributed by atoms with E-state index >= 15 is 0 Å². The number of aromatic nitrogens is 1. The number of rotatable bonds is 2. The van der Waals surface area contributed by atoms with Crippen LogP contribution >= 0.6 is 0 Å². The van der Waals surface area contributed by atoms with Gasteiger partial charge in [0, 0.05) is 19.3 Å². The molecule has 0 aliphatic rings. The normalized spacial score (nSPS) is 8.46. The highest BCUT2D eigenvalue weighted by Gasteiger charge is 1.85. The molecule has 1 aromatic rings. The minimum absolute atomic E-state index is 0.833. The molecule has 1 aromatic heterocycles. The lowest BCUT2D eigenvalue weighted by molar-refractivity contribution is -0.134. The van der Waals surface area contributed by atoms with E-state index in [-0.39, 0.29) is 0 Å². The highest BCUT2D eigenvalue weighted by molar-refractivity contribution is 5.62. The predicted octanol–water partition coefficient (Wildman–Crippen LogP) is 2.12. The molecule has 0 fully saturated rings. The SMILES string of the molecule is CC(=O)O.CCCc1cccnc1. The molecule has 0 unspecified atom stereocenters. The minimum atomic E-state index is -0.833. The molecule has 1 rings (SSSR count). The average Bonchev–Trinajstić information content (AvgIpc) is 2.06. The highest BCUT2D eigenvalue weighted by atomic mass is 16.4. The number of hydrogen-bond acceptors (Lipinski definition) is 2. The Morgan fingerprint density at radius 3 is 2.62 bits per heavy atom. The van der Waals surface area contributed by atoms with Gasteiger partial charge < -0.3 is 5.11 Å². The van der Waals surface area contributed by atoms with Crippen molar-refractivity contribution in [3.05, 3.63) is 30.1 Å². The maximum Gasteiger partial charge on any atom is 0.300 e. The topological polar surface area (TPSA) is 50.2 Å². The molecule has 13 heavy (non-hydrogen) atoms. The van der Waals surface area contributed by atoms with Crippen LogP contribution in [0.4, 0.5) is 0 Å². The fourth-order valence-electron chi connectivity index (χ4n) is 0.835. The lowest BCUT2D eigenvalue weighted by Gasteiger charge is -1.92. The Hall–Kier alpha value is -1.38. The molecule has 0 saturated heterocycles. The van der Waals surface area contributed by atoms with Crippen molar-refractivity contribution in [2.24, 2.45) is 0 Å². The highest BCUT2D eigenvalue weighted by Crippen LogP contribution is 1.98. The van der Waals surface area contributed by atoms with Crippen LogP contribution in [0.15, 0.2) is 24.5 Å². The van der Waals surface area contributed by atoms with Crippen molar-refractivity contribution in [1.29, 1.82) is 0 Å². The van der Waals surface area contributed by atoms with E-state index < -0.39 is 5.97 Å². The van der Waals surface area contributed by atoms with Crippen molar-refractivity contribution >= 4 is 5.97 Å². The van der Waals surface area contributed by atoms with Crippen molar-refractivity contribution in [3.8, 4) is 0 Å². The van der Waals surface area contributed by atoms with Crippen LogP contribution in [0.1, 0.15) is 25.8 Å². The van der Waals surface area contributed by atoms with Crippen LogP contribution in [0, 0.1) is 0 Å². The second kappa shape index (κ2) is 7.28. The number of pyridine rings is 1. The van der Waals surface area contributed by atoms with Crippen molar-refractivity contribution in [2.75, 3.05) is 0 Å². The Morgan fingerprint density at radius 1 is 1.62 bits per heavy atom. The zero-order valence-electron chi connectivity index (χ0n) is 8.03. The molecular weight excluding hydrogens is 166 g/mol. The number of carboxylic acids is 1. The molecular formula is C10H15NO2. The Balaban J connectivity index is 0.000000310. The minimum Gasteiger partial charge on any atom is -0.481 e. The lowest BCUT2D eigenvalue weighted by atomic mass is 10.2. The van der Waals surface area contributed by atoms with E-state index in [1.165, 1.54) is 12.0 Å². The maximum atomic E-state index is 9.00. The summed E-state index contributed by atoms with van der Waals surface area (Å²) in [6.07, 6.45) is 6.07. The molecule has 0 aliphatic heterocycles. The third-order valence-electron chi connectivity index (χ3n) is 1.26. The molecule has 0 amide bonds. The van der Waals surface area contributed by atoms with Crippen LogP contribution in [-0.2, 0) is 11.2 Å². The van der Waals surface area contributed by atoms with E-state index in [0.29, 0.717) is 0 Å². The van der Waals surface area contributed by atoms with Gasteiger partial charge in [0.15, 0.2) is 0 Å². The largest absolute Gasteiger partial charge is 0.481 e. The Bertz CT molecular complexity index is 230. The fourth-order valence-corrected chi connectivity index (χ4v) is 0.835. The van der Waals surface area contributed by atoms with Crippen LogP contribution in [0.25, 0.3) is 0 Å². The van der Waals surface area contributed by atoms with E-state index in [2.05, 4.69) is 18.0 Å². The maximum absolute atomic E-state index is 9.00. The van der Waals surface area contributed by atoms with Gasteiger partial charge in [0.25, 0.3) is 5.97 Å². The van der Waals surface area contributed by atoms with Gasteiger partial charge >= 0.3 is 0 Å². The van der Waals surface area contributed by atoms with Crippen LogP contribution in [0.5, 0.6) is 0 Å². The number of hydrogen-bond donors (Lipinski definition) is 1. The van der Waals surface area contributed by atoms with Gasteiger partial charge in [-0.1, -0.05) is 19.4 Å². The average molecular weight is 181 g/mol. The van der Waals surface area contributed by atoms with Gasteiger partial charge in [-0.05, 0) is 18.1 Å². The molecule has 0 bridgehead atoms. The number of aliphatic carboxylic acids is 1. The van der Waals surface area contributed by atoms with Crippen molar-refractivity contribution in [2.45, 2.75) is 26.7 Å². The van der Waals surface area contributed by atoms with Crippen LogP contribution < -0.4 is 0 Å². The summed E-state index contributed by atoms with van der Waals surface area (Å²) in [5.74, 6) is -0.833. The van der Waals surface area contributed by atoms with Gasteiger partial charge in [0.2, 0.25) is 0 Å². The van der Waals surface area contributed by atoms with Gasteiger partial charge in [-0.25, -0.2) is 0 Å². The number of carboxylic acid groups (broad SMARTS) is 1. The molecule has 3 nitrogen and oxygen atoms in total. The third kappa shape index (κ3) is 8.53. The lowest BCUT2D eigenvalue weighted by Crippen LogP contribution is -1.81. The van der Waals surface area contributed by atoms with Crippen molar-refractivity contribution in [1.82, 2.24) is 4.98 Å². The molecule has 0 radical (unpaired) electrons. The summed E-state index contributed by atoms with van der Waals surface area (Å²) in [6.45, 7) is 3.26. The monoisotopic (exact) mass is 181 g/mol. The van der Waals surface area contributed by atoms with Gasteiger partial charge in [-0.3, -0.25) is 9.78 Å². The van der Waals surface area contributed by atoms with Gasteiger partial charge in [-0.2, -0.15) is 0 Å². The smallest absolute Gasteiger partial charge is 0.300 e. The van der Waals surface area contributed by atoms with Crippen LogP contribution in [0.2, 0.25) is 0 Å². The second-order valence-electron chi connectivity index (χ2n) is 2.63. The summed E-state index contributed by atoms with van der Waals surface area (Å²) in [4.78, 5) is 13.0. The van der Waals surface area contributed by atoms with Crippen LogP contribution in [0.3, 0.4) is 0 Å². The van der Waals surface area contributed by atoms with Crippen molar-refractivity contribution in [3.63, 3.8) is 0 Å². The van der Waals surface area contributed by atoms with Crippen molar-refractivity contribution < 1.29 is 9.90 Å². The molecule has 0 saturated carbocycles. The predicted molar refractivity (Wildman–Crippen MR) is 51.5 cm³/mol. The molecule has 0 aliphatic carbocycles. The first-order valence-corrected chi connectivity index (χ1v) is 4.25. The number of carbonyl (C=O) groups is 1. The van der Waals surface area contributed by atoms with E-state index in [1.54, 1.807) is 6.20 Å². The zero-order chi connectivity index (χ0) is 10.1. The van der Waals surface area contributed by atoms with E-state index in [0.717, 1.165) is 13.3 Å². The fraction of sp³-hybridized carbons (Fsp3) is 0.400. The summed E-state index contributed by atoms with van der Waals surface area (Å²) in [5.41, 5.74) is 1.33. The Morgan fingerprint density at radius 2 is 2.23 bits per heavy atom. The molecule has 0 atom stereocenters. The molecule has 1 N–H and O–H groups in total. The molecule has 0 aromatic carbocycles. The summed E-state index contributed by atoms with van der Waals surface area (Å²) >= 11 is 0. The molecule has 72 valence electrons. The van der Waals surface area contributed by atoms with Crippen LogP contribution in [-0.4, -0.2) is 16.1 Å². The Labute approximate surface area is 78.4 Å². The second-order valence-corrected chi connectivity index (χ2v) is 2.63. The van der Waals surface area contributed by atoms with Gasteiger partial charge in [0.05, 0.1) is 0 Å². The number of nitrogens with zero attached hydrogens (tertiary/aromatic N) is 1. The summed E-state index contributed by atoms with van der Waals surface area (Å²) in [6, 6.07) is 4.08. The van der Waals surface area contributed by atoms with Gasteiger partial charge in [-0.15, -0.1) is 0 Å². The number of aryl methyl sites for hydroxylation is 1.